The van der Waals surface area contributed by atoms with E-state index in [0.29, 0.717) is 12.3 Å². The highest BCUT2D eigenvalue weighted by Gasteiger charge is 2.17. The average molecular weight is 297 g/mol. The molecule has 0 fully saturated rings. The van der Waals surface area contributed by atoms with Gasteiger partial charge in [-0.25, -0.2) is 4.39 Å². The van der Waals surface area contributed by atoms with Gasteiger partial charge in [0.1, 0.15) is 18.1 Å². The van der Waals surface area contributed by atoms with Gasteiger partial charge in [-0.15, -0.1) is 0 Å². The predicted octanol–water partition coefficient (Wildman–Crippen LogP) is 2.01. The summed E-state index contributed by atoms with van der Waals surface area (Å²) in [5.74, 6) is -0.726. The Bertz CT molecular complexity index is 461. The molecule has 6 heteroatoms. The molecule has 1 aromatic carbocycles. The van der Waals surface area contributed by atoms with Crippen LogP contribution in [0.4, 0.5) is 4.39 Å². The molecule has 0 heterocycles. The first-order valence-corrected chi connectivity index (χ1v) is 6.88. The number of rotatable bonds is 8. The summed E-state index contributed by atoms with van der Waals surface area (Å²) in [5.41, 5.74) is 0. The second-order valence-corrected chi connectivity index (χ2v) is 4.36. The lowest BCUT2D eigenvalue weighted by atomic mass is 10.3. The Morgan fingerprint density at radius 2 is 1.86 bits per heavy atom. The fourth-order valence-electron chi connectivity index (χ4n) is 1.69. The van der Waals surface area contributed by atoms with E-state index in [4.69, 9.17) is 9.47 Å². The zero-order chi connectivity index (χ0) is 15.7. The van der Waals surface area contributed by atoms with Crippen molar-refractivity contribution in [1.29, 1.82) is 0 Å². The highest BCUT2D eigenvalue weighted by molar-refractivity contribution is 5.83. The van der Waals surface area contributed by atoms with Gasteiger partial charge in [-0.3, -0.25) is 9.59 Å². The minimum absolute atomic E-state index is 0.0900. The van der Waals surface area contributed by atoms with E-state index < -0.39 is 5.97 Å². The molecule has 0 aliphatic carbocycles. The number of esters is 1. The Balaban J connectivity index is 2.51. The van der Waals surface area contributed by atoms with E-state index >= 15 is 0 Å². The van der Waals surface area contributed by atoms with Crippen molar-refractivity contribution < 1.29 is 23.5 Å². The van der Waals surface area contributed by atoms with Crippen LogP contribution in [-0.4, -0.2) is 43.1 Å². The predicted molar refractivity (Wildman–Crippen MR) is 75.4 cm³/mol. The van der Waals surface area contributed by atoms with Crippen LogP contribution in [0, 0.1) is 5.82 Å². The summed E-state index contributed by atoms with van der Waals surface area (Å²) in [5, 5.41) is 0. The maximum atomic E-state index is 12.7. The molecule has 0 radical (unpaired) electrons. The molecule has 0 aliphatic heterocycles. The van der Waals surface area contributed by atoms with Gasteiger partial charge < -0.3 is 14.4 Å². The molecule has 116 valence electrons. The SMILES string of the molecule is CCCN(CC(=O)OCC)C(=O)COc1ccc(F)cc1. The minimum atomic E-state index is -0.443. The van der Waals surface area contributed by atoms with Crippen molar-refractivity contribution in [2.24, 2.45) is 0 Å². The van der Waals surface area contributed by atoms with Crippen molar-refractivity contribution >= 4 is 11.9 Å². The van der Waals surface area contributed by atoms with Gasteiger partial charge >= 0.3 is 5.97 Å². The third kappa shape index (κ3) is 6.25. The second kappa shape index (κ2) is 8.94. The number of carbonyl (C=O) groups excluding carboxylic acids is 2. The second-order valence-electron chi connectivity index (χ2n) is 4.36. The number of benzene rings is 1. The smallest absolute Gasteiger partial charge is 0.325 e. The van der Waals surface area contributed by atoms with Crippen LogP contribution >= 0.6 is 0 Å². The molecule has 1 aromatic rings. The highest BCUT2D eigenvalue weighted by atomic mass is 19.1. The first-order valence-electron chi connectivity index (χ1n) is 6.88. The summed E-state index contributed by atoms with van der Waals surface area (Å²) in [6.45, 7) is 4.05. The molecule has 0 spiro atoms. The Kier molecular flexibility index (Phi) is 7.21. The van der Waals surface area contributed by atoms with Crippen molar-refractivity contribution in [2.75, 3.05) is 26.3 Å². The van der Waals surface area contributed by atoms with E-state index in [-0.39, 0.29) is 31.5 Å². The van der Waals surface area contributed by atoms with Crippen LogP contribution in [-0.2, 0) is 14.3 Å². The van der Waals surface area contributed by atoms with Crippen LogP contribution in [0.2, 0.25) is 0 Å². The third-order valence-corrected chi connectivity index (χ3v) is 2.65. The van der Waals surface area contributed by atoms with E-state index in [1.807, 2.05) is 6.92 Å². The molecule has 0 N–H and O–H groups in total. The molecule has 21 heavy (non-hydrogen) atoms. The van der Waals surface area contributed by atoms with Crippen molar-refractivity contribution in [3.8, 4) is 5.75 Å². The number of carbonyl (C=O) groups is 2. The summed E-state index contributed by atoms with van der Waals surface area (Å²) in [6.07, 6.45) is 0.724. The van der Waals surface area contributed by atoms with Crippen LogP contribution in [0.3, 0.4) is 0 Å². The number of hydrogen-bond donors (Lipinski definition) is 0. The molecule has 0 saturated carbocycles. The Morgan fingerprint density at radius 3 is 2.43 bits per heavy atom. The van der Waals surface area contributed by atoms with Crippen LogP contribution in [0.25, 0.3) is 0 Å². The monoisotopic (exact) mass is 297 g/mol. The van der Waals surface area contributed by atoms with E-state index in [0.717, 1.165) is 6.42 Å². The fraction of sp³-hybridized carbons (Fsp3) is 0.467. The van der Waals surface area contributed by atoms with Crippen LogP contribution < -0.4 is 4.74 Å². The first-order chi connectivity index (χ1) is 10.1. The lowest BCUT2D eigenvalue weighted by Crippen LogP contribution is -2.39. The van der Waals surface area contributed by atoms with Gasteiger partial charge in [-0.2, -0.15) is 0 Å². The topological polar surface area (TPSA) is 55.8 Å². The lowest BCUT2D eigenvalue weighted by Gasteiger charge is -2.21. The number of hydrogen-bond acceptors (Lipinski definition) is 4. The van der Waals surface area contributed by atoms with Gasteiger partial charge in [-0.05, 0) is 37.6 Å². The average Bonchev–Trinajstić information content (AvgIpc) is 2.46. The molecule has 1 amide bonds. The van der Waals surface area contributed by atoms with E-state index in [2.05, 4.69) is 0 Å². The summed E-state index contributed by atoms with van der Waals surface area (Å²) in [6, 6.07) is 5.39. The van der Waals surface area contributed by atoms with Gasteiger partial charge in [0.15, 0.2) is 6.61 Å². The minimum Gasteiger partial charge on any atom is -0.484 e. The lowest BCUT2D eigenvalue weighted by molar-refractivity contribution is -0.149. The fourth-order valence-corrected chi connectivity index (χ4v) is 1.69. The van der Waals surface area contributed by atoms with Crippen LogP contribution in [0.15, 0.2) is 24.3 Å². The quantitative estimate of drug-likeness (QED) is 0.689. The molecular formula is C15H20FNO4. The standard InChI is InChI=1S/C15H20FNO4/c1-3-9-17(10-15(19)20-4-2)14(18)11-21-13-7-5-12(16)6-8-13/h5-8H,3-4,9-11H2,1-2H3. The molecule has 0 unspecified atom stereocenters. The molecule has 0 aromatic heterocycles. The van der Waals surface area contributed by atoms with Gasteiger partial charge in [0, 0.05) is 6.54 Å². The van der Waals surface area contributed by atoms with E-state index in [1.54, 1.807) is 6.92 Å². The maximum Gasteiger partial charge on any atom is 0.325 e. The van der Waals surface area contributed by atoms with Gasteiger partial charge in [0.2, 0.25) is 0 Å². The Hall–Kier alpha value is -2.11. The van der Waals surface area contributed by atoms with Crippen molar-refractivity contribution in [1.82, 2.24) is 4.90 Å². The molecular weight excluding hydrogens is 277 g/mol. The number of nitrogens with zero attached hydrogens (tertiary/aromatic N) is 1. The van der Waals surface area contributed by atoms with Gasteiger partial charge in [0.25, 0.3) is 5.91 Å². The zero-order valence-corrected chi connectivity index (χ0v) is 12.3. The van der Waals surface area contributed by atoms with Gasteiger partial charge in [0.05, 0.1) is 6.61 Å². The van der Waals surface area contributed by atoms with E-state index in [1.165, 1.54) is 29.2 Å². The molecule has 0 saturated heterocycles. The maximum absolute atomic E-state index is 12.7. The Labute approximate surface area is 123 Å². The first kappa shape index (κ1) is 16.9. The largest absolute Gasteiger partial charge is 0.484 e. The Morgan fingerprint density at radius 1 is 1.19 bits per heavy atom. The molecule has 5 nitrogen and oxygen atoms in total. The molecule has 0 bridgehead atoms. The highest BCUT2D eigenvalue weighted by Crippen LogP contribution is 2.11. The molecule has 0 atom stereocenters. The van der Waals surface area contributed by atoms with Crippen molar-refractivity contribution in [3.63, 3.8) is 0 Å². The summed E-state index contributed by atoms with van der Waals surface area (Å²) >= 11 is 0. The zero-order valence-electron chi connectivity index (χ0n) is 12.3. The number of ether oxygens (including phenoxy) is 2. The summed E-state index contributed by atoms with van der Waals surface area (Å²) in [7, 11) is 0. The van der Waals surface area contributed by atoms with Crippen LogP contribution in [0.5, 0.6) is 5.75 Å². The normalized spacial score (nSPS) is 10.0. The van der Waals surface area contributed by atoms with Gasteiger partial charge in [-0.1, -0.05) is 6.92 Å². The van der Waals surface area contributed by atoms with Crippen LogP contribution in [0.1, 0.15) is 20.3 Å². The number of amides is 1. The summed E-state index contributed by atoms with van der Waals surface area (Å²) in [4.78, 5) is 24.9. The summed E-state index contributed by atoms with van der Waals surface area (Å²) < 4.78 is 22.9. The number of halogens is 1. The van der Waals surface area contributed by atoms with E-state index in [9.17, 15) is 14.0 Å². The molecule has 1 rings (SSSR count). The van der Waals surface area contributed by atoms with Crippen molar-refractivity contribution in [3.05, 3.63) is 30.1 Å². The molecule has 0 aliphatic rings. The third-order valence-electron chi connectivity index (χ3n) is 2.65. The van der Waals surface area contributed by atoms with Crippen molar-refractivity contribution in [2.45, 2.75) is 20.3 Å².